The number of nitrogens with zero attached hydrogens (tertiary/aromatic N) is 2. The van der Waals surface area contributed by atoms with Gasteiger partial charge in [0.15, 0.2) is 0 Å². The molecule has 1 aliphatic rings. The van der Waals surface area contributed by atoms with Crippen molar-refractivity contribution in [3.8, 4) is 0 Å². The van der Waals surface area contributed by atoms with E-state index in [4.69, 9.17) is 16.6 Å². The summed E-state index contributed by atoms with van der Waals surface area (Å²) in [6.45, 7) is 9.05. The maximum Gasteiger partial charge on any atom is 0.130 e. The van der Waals surface area contributed by atoms with Crippen molar-refractivity contribution in [1.82, 2.24) is 15.3 Å². The Bertz CT molecular complexity index is 741. The highest BCUT2D eigenvalue weighted by Crippen LogP contribution is 2.30. The van der Waals surface area contributed by atoms with Crippen LogP contribution in [0.15, 0.2) is 36.5 Å². The van der Waals surface area contributed by atoms with E-state index in [0.29, 0.717) is 6.04 Å². The summed E-state index contributed by atoms with van der Waals surface area (Å²) in [6, 6.07) is 10.3. The minimum Gasteiger partial charge on any atom is -0.367 e. The number of anilines is 1. The summed E-state index contributed by atoms with van der Waals surface area (Å²) in [5.41, 5.74) is 1.44. The van der Waals surface area contributed by atoms with E-state index in [1.165, 1.54) is 5.56 Å². The maximum atomic E-state index is 6.06. The van der Waals surface area contributed by atoms with Gasteiger partial charge in [0.05, 0.1) is 0 Å². The molecule has 26 heavy (non-hydrogen) atoms. The predicted octanol–water partition coefficient (Wildman–Crippen LogP) is 4.64. The first-order valence-corrected chi connectivity index (χ1v) is 9.71. The summed E-state index contributed by atoms with van der Waals surface area (Å²) < 4.78 is 0. The third-order valence-corrected chi connectivity index (χ3v) is 5.01. The number of aromatic nitrogens is 2. The van der Waals surface area contributed by atoms with Gasteiger partial charge in [-0.2, -0.15) is 0 Å². The number of hydrogen-bond acceptors (Lipinski definition) is 4. The monoisotopic (exact) mass is 372 g/mol. The minimum atomic E-state index is 0.113. The first kappa shape index (κ1) is 19.1. The number of benzene rings is 1. The van der Waals surface area contributed by atoms with Crippen LogP contribution in [-0.2, 0) is 12.8 Å². The molecule has 5 heteroatoms. The van der Waals surface area contributed by atoms with Crippen molar-refractivity contribution in [2.75, 3.05) is 5.32 Å². The highest BCUT2D eigenvalue weighted by atomic mass is 35.5. The van der Waals surface area contributed by atoms with Crippen LogP contribution in [0, 0.1) is 0 Å². The molecule has 2 aromatic rings. The van der Waals surface area contributed by atoms with Crippen LogP contribution in [0.2, 0.25) is 5.02 Å². The van der Waals surface area contributed by atoms with E-state index < -0.39 is 0 Å². The van der Waals surface area contributed by atoms with Crippen molar-refractivity contribution in [2.24, 2.45) is 0 Å². The molecule has 3 rings (SSSR count). The third-order valence-electron chi connectivity index (χ3n) is 4.77. The van der Waals surface area contributed by atoms with Gasteiger partial charge in [0.1, 0.15) is 11.6 Å². The fourth-order valence-electron chi connectivity index (χ4n) is 4.18. The lowest BCUT2D eigenvalue weighted by atomic mass is 9.79. The van der Waals surface area contributed by atoms with Crippen LogP contribution in [0.5, 0.6) is 0 Å². The van der Waals surface area contributed by atoms with Gasteiger partial charge in [-0.3, -0.25) is 0 Å². The average molecular weight is 373 g/mol. The molecule has 2 N–H and O–H groups in total. The molecule has 1 saturated heterocycles. The largest absolute Gasteiger partial charge is 0.367 e. The van der Waals surface area contributed by atoms with Crippen molar-refractivity contribution < 1.29 is 0 Å². The summed E-state index contributed by atoms with van der Waals surface area (Å²) in [6.07, 6.45) is 5.67. The molecule has 4 nitrogen and oxygen atoms in total. The van der Waals surface area contributed by atoms with E-state index in [0.717, 1.165) is 42.3 Å². The Kier molecular flexibility index (Phi) is 5.54. The van der Waals surface area contributed by atoms with Crippen LogP contribution in [-0.4, -0.2) is 27.1 Å². The van der Waals surface area contributed by atoms with E-state index in [1.54, 1.807) is 0 Å². The summed E-state index contributed by atoms with van der Waals surface area (Å²) in [5.74, 6) is 1.78. The van der Waals surface area contributed by atoms with Gasteiger partial charge in [-0.05, 0) is 70.7 Å². The van der Waals surface area contributed by atoms with Gasteiger partial charge in [-0.15, -0.1) is 0 Å². The summed E-state index contributed by atoms with van der Waals surface area (Å²) in [4.78, 5) is 9.15. The van der Waals surface area contributed by atoms with E-state index in [2.05, 4.69) is 49.4 Å². The molecule has 2 heterocycles. The molecule has 0 aliphatic carbocycles. The number of rotatable bonds is 5. The Labute approximate surface area is 161 Å². The first-order chi connectivity index (χ1) is 12.2. The van der Waals surface area contributed by atoms with Crippen LogP contribution >= 0.6 is 11.6 Å². The number of piperidine rings is 1. The molecular weight excluding hydrogens is 344 g/mol. The van der Waals surface area contributed by atoms with Gasteiger partial charge in [0, 0.05) is 34.8 Å². The zero-order valence-electron chi connectivity index (χ0n) is 16.1. The molecule has 0 atom stereocenters. The Hall–Kier alpha value is -1.65. The number of halogens is 1. The van der Waals surface area contributed by atoms with Gasteiger partial charge in [0.25, 0.3) is 0 Å². The lowest BCUT2D eigenvalue weighted by Gasteiger charge is -2.46. The summed E-state index contributed by atoms with van der Waals surface area (Å²) >= 11 is 6.06. The van der Waals surface area contributed by atoms with Crippen LogP contribution in [0.4, 0.5) is 5.82 Å². The second-order valence-corrected chi connectivity index (χ2v) is 9.07. The highest BCUT2D eigenvalue weighted by molar-refractivity contribution is 6.30. The Balaban J connectivity index is 1.64. The molecule has 1 aromatic carbocycles. The quantitative estimate of drug-likeness (QED) is 0.802. The minimum absolute atomic E-state index is 0.113. The van der Waals surface area contributed by atoms with Crippen LogP contribution < -0.4 is 10.6 Å². The lowest BCUT2D eigenvalue weighted by molar-refractivity contribution is 0.170. The van der Waals surface area contributed by atoms with E-state index in [1.807, 2.05) is 30.5 Å². The van der Waals surface area contributed by atoms with E-state index in [-0.39, 0.29) is 11.1 Å². The SMILES string of the molecule is CC1(C)CC(Nc2ccnc(CCc3cccc(Cl)c3)n2)CC(C)(C)N1. The molecular formula is C21H29ClN4. The molecule has 0 saturated carbocycles. The van der Waals surface area contributed by atoms with E-state index >= 15 is 0 Å². The second kappa shape index (κ2) is 7.53. The Morgan fingerprint density at radius 1 is 1.12 bits per heavy atom. The predicted molar refractivity (Wildman–Crippen MR) is 109 cm³/mol. The fourth-order valence-corrected chi connectivity index (χ4v) is 4.39. The molecule has 0 bridgehead atoms. The summed E-state index contributed by atoms with van der Waals surface area (Å²) in [5, 5.41) is 8.12. The molecule has 0 amide bonds. The zero-order chi connectivity index (χ0) is 18.8. The van der Waals surface area contributed by atoms with Crippen molar-refractivity contribution >= 4 is 17.4 Å². The summed E-state index contributed by atoms with van der Waals surface area (Å²) in [7, 11) is 0. The molecule has 1 aliphatic heterocycles. The molecule has 0 unspecified atom stereocenters. The van der Waals surface area contributed by atoms with Crippen LogP contribution in [0.1, 0.15) is 51.9 Å². The van der Waals surface area contributed by atoms with Crippen LogP contribution in [0.25, 0.3) is 0 Å². The van der Waals surface area contributed by atoms with Gasteiger partial charge < -0.3 is 10.6 Å². The first-order valence-electron chi connectivity index (χ1n) is 9.33. The number of aryl methyl sites for hydroxylation is 2. The topological polar surface area (TPSA) is 49.8 Å². The number of nitrogens with one attached hydrogen (secondary N) is 2. The zero-order valence-corrected chi connectivity index (χ0v) is 16.9. The van der Waals surface area contributed by atoms with Crippen LogP contribution in [0.3, 0.4) is 0 Å². The third kappa shape index (κ3) is 5.42. The van der Waals surface area contributed by atoms with Crippen molar-refractivity contribution in [1.29, 1.82) is 0 Å². The van der Waals surface area contributed by atoms with E-state index in [9.17, 15) is 0 Å². The smallest absolute Gasteiger partial charge is 0.130 e. The van der Waals surface area contributed by atoms with Crippen molar-refractivity contribution in [2.45, 2.75) is 70.5 Å². The highest BCUT2D eigenvalue weighted by Gasteiger charge is 2.37. The normalized spacial score (nSPS) is 19.3. The standard InChI is InChI=1S/C21H29ClN4/c1-20(2)13-17(14-21(3,4)26-20)24-19-10-11-23-18(25-19)9-8-15-6-5-7-16(22)12-15/h5-7,10-12,17,26H,8-9,13-14H2,1-4H3,(H,23,24,25). The fraction of sp³-hybridized carbons (Fsp3) is 0.524. The second-order valence-electron chi connectivity index (χ2n) is 8.63. The molecule has 0 radical (unpaired) electrons. The molecule has 1 fully saturated rings. The molecule has 0 spiro atoms. The van der Waals surface area contributed by atoms with Crippen molar-refractivity contribution in [3.05, 3.63) is 52.9 Å². The van der Waals surface area contributed by atoms with Gasteiger partial charge in [-0.1, -0.05) is 23.7 Å². The maximum absolute atomic E-state index is 6.06. The Morgan fingerprint density at radius 2 is 1.85 bits per heavy atom. The van der Waals surface area contributed by atoms with Gasteiger partial charge >= 0.3 is 0 Å². The molecule has 1 aromatic heterocycles. The lowest BCUT2D eigenvalue weighted by Crippen LogP contribution is -2.60. The van der Waals surface area contributed by atoms with Gasteiger partial charge in [0.2, 0.25) is 0 Å². The average Bonchev–Trinajstić information content (AvgIpc) is 2.50. The molecule has 140 valence electrons. The number of hydrogen-bond donors (Lipinski definition) is 2. The van der Waals surface area contributed by atoms with Gasteiger partial charge in [-0.25, -0.2) is 9.97 Å². The Morgan fingerprint density at radius 3 is 2.54 bits per heavy atom. The van der Waals surface area contributed by atoms with Crippen molar-refractivity contribution in [3.63, 3.8) is 0 Å².